The predicted molar refractivity (Wildman–Crippen MR) is 69.8 cm³/mol. The Bertz CT molecular complexity index is 551. The average Bonchev–Trinajstić information content (AvgIpc) is 2.66. The third-order valence-corrected chi connectivity index (χ3v) is 3.80. The number of nitrogens with zero attached hydrogens (tertiary/aromatic N) is 1. The third kappa shape index (κ3) is 2.70. The van der Waals surface area contributed by atoms with Crippen molar-refractivity contribution in [3.05, 3.63) is 23.8 Å². The molecule has 1 aromatic carbocycles. The van der Waals surface area contributed by atoms with Crippen LogP contribution in [0.3, 0.4) is 0 Å². The van der Waals surface area contributed by atoms with Crippen LogP contribution in [0, 0.1) is 11.6 Å². The number of hydrogen-bond donors (Lipinski definition) is 1. The van der Waals surface area contributed by atoms with Gasteiger partial charge in [0, 0.05) is 25.1 Å². The van der Waals surface area contributed by atoms with Gasteiger partial charge in [-0.15, -0.1) is 0 Å². The lowest BCUT2D eigenvalue weighted by molar-refractivity contribution is -0.117. The second-order valence-electron chi connectivity index (χ2n) is 4.23. The van der Waals surface area contributed by atoms with Crippen LogP contribution in [0.1, 0.15) is 13.3 Å². The van der Waals surface area contributed by atoms with Gasteiger partial charge in [-0.2, -0.15) is 0 Å². The molecule has 1 heterocycles. The third-order valence-electron chi connectivity index (χ3n) is 2.82. The molecule has 1 aromatic rings. The number of benzene rings is 1. The number of anilines is 2. The zero-order chi connectivity index (χ0) is 14.2. The molecule has 4 nitrogen and oxygen atoms in total. The van der Waals surface area contributed by atoms with E-state index in [1.54, 1.807) is 0 Å². The standard InChI is InChI=1S/C12H12F2N2O2S/c1-6(17)19-7-4-10(18)16(5-7)9-3-2-8(13)11(14)12(9)15/h2-3,7H,4-5,15H2,1H3. The smallest absolute Gasteiger partial charge is 0.228 e. The molecule has 102 valence electrons. The van der Waals surface area contributed by atoms with Gasteiger partial charge in [-0.1, -0.05) is 11.8 Å². The molecule has 0 aliphatic carbocycles. The van der Waals surface area contributed by atoms with Crippen LogP contribution < -0.4 is 10.6 Å². The average molecular weight is 286 g/mol. The molecule has 1 aliphatic heterocycles. The summed E-state index contributed by atoms with van der Waals surface area (Å²) < 4.78 is 26.4. The number of amides is 1. The van der Waals surface area contributed by atoms with E-state index in [1.807, 2.05) is 0 Å². The summed E-state index contributed by atoms with van der Waals surface area (Å²) in [5, 5.41) is -0.268. The molecule has 1 atom stereocenters. The summed E-state index contributed by atoms with van der Waals surface area (Å²) >= 11 is 1.07. The van der Waals surface area contributed by atoms with Crippen molar-refractivity contribution in [1.29, 1.82) is 0 Å². The molecule has 2 N–H and O–H groups in total. The van der Waals surface area contributed by atoms with Crippen LogP contribution in [-0.2, 0) is 9.59 Å². The first-order chi connectivity index (χ1) is 8.90. The van der Waals surface area contributed by atoms with E-state index in [9.17, 15) is 18.4 Å². The second kappa shape index (κ2) is 5.16. The summed E-state index contributed by atoms with van der Waals surface area (Å²) in [7, 11) is 0. The fourth-order valence-electron chi connectivity index (χ4n) is 2.01. The van der Waals surface area contributed by atoms with E-state index in [0.29, 0.717) is 0 Å². The van der Waals surface area contributed by atoms with Crippen LogP contribution in [0.25, 0.3) is 0 Å². The molecule has 1 amide bonds. The van der Waals surface area contributed by atoms with E-state index in [2.05, 4.69) is 0 Å². The molecule has 1 saturated heterocycles. The molecule has 1 unspecified atom stereocenters. The van der Waals surface area contributed by atoms with Gasteiger partial charge in [0.25, 0.3) is 0 Å². The number of carbonyl (C=O) groups is 2. The highest BCUT2D eigenvalue weighted by Crippen LogP contribution is 2.33. The van der Waals surface area contributed by atoms with Crippen LogP contribution in [0.4, 0.5) is 20.2 Å². The van der Waals surface area contributed by atoms with Crippen LogP contribution in [0.2, 0.25) is 0 Å². The Kier molecular flexibility index (Phi) is 3.75. The van der Waals surface area contributed by atoms with Crippen LogP contribution in [0.5, 0.6) is 0 Å². The SMILES string of the molecule is CC(=O)SC1CC(=O)N(c2ccc(F)c(F)c2N)C1. The quantitative estimate of drug-likeness (QED) is 0.844. The molecule has 19 heavy (non-hydrogen) atoms. The number of nitrogens with two attached hydrogens (primary N) is 1. The first-order valence-electron chi connectivity index (χ1n) is 5.61. The highest BCUT2D eigenvalue weighted by Gasteiger charge is 2.33. The minimum Gasteiger partial charge on any atom is -0.395 e. The predicted octanol–water partition coefficient (Wildman–Crippen LogP) is 1.93. The molecule has 2 rings (SSSR count). The van der Waals surface area contributed by atoms with E-state index in [-0.39, 0.29) is 40.6 Å². The summed E-state index contributed by atoms with van der Waals surface area (Å²) in [5.74, 6) is -2.47. The van der Waals surface area contributed by atoms with Crippen LogP contribution >= 0.6 is 11.8 Å². The molecule has 0 spiro atoms. The summed E-state index contributed by atoms with van der Waals surface area (Å²) in [6.45, 7) is 1.68. The molecular weight excluding hydrogens is 274 g/mol. The summed E-state index contributed by atoms with van der Waals surface area (Å²) in [4.78, 5) is 24.1. The van der Waals surface area contributed by atoms with Gasteiger partial charge in [0.2, 0.25) is 5.91 Å². The Hall–Kier alpha value is -1.63. The van der Waals surface area contributed by atoms with Gasteiger partial charge >= 0.3 is 0 Å². The van der Waals surface area contributed by atoms with Crippen molar-refractivity contribution in [1.82, 2.24) is 0 Å². The van der Waals surface area contributed by atoms with E-state index < -0.39 is 11.6 Å². The Morgan fingerprint density at radius 1 is 1.47 bits per heavy atom. The lowest BCUT2D eigenvalue weighted by Gasteiger charge is -2.18. The van der Waals surface area contributed by atoms with Gasteiger partial charge in [-0.05, 0) is 12.1 Å². The van der Waals surface area contributed by atoms with Gasteiger partial charge in [0.1, 0.15) is 0 Å². The number of hydrogen-bond acceptors (Lipinski definition) is 4. The molecule has 0 bridgehead atoms. The van der Waals surface area contributed by atoms with Gasteiger partial charge in [-0.3, -0.25) is 9.59 Å². The molecule has 7 heteroatoms. The molecule has 1 aliphatic rings. The Morgan fingerprint density at radius 2 is 2.16 bits per heavy atom. The van der Waals surface area contributed by atoms with E-state index in [4.69, 9.17) is 5.73 Å². The normalized spacial score (nSPS) is 19.0. The lowest BCUT2D eigenvalue weighted by Crippen LogP contribution is -2.26. The fourth-order valence-corrected chi connectivity index (χ4v) is 2.93. The Morgan fingerprint density at radius 3 is 2.79 bits per heavy atom. The zero-order valence-corrected chi connectivity index (χ0v) is 11.0. The van der Waals surface area contributed by atoms with Crippen molar-refractivity contribution in [2.75, 3.05) is 17.2 Å². The van der Waals surface area contributed by atoms with E-state index >= 15 is 0 Å². The molecule has 0 radical (unpaired) electrons. The van der Waals surface area contributed by atoms with Crippen molar-refractivity contribution in [2.24, 2.45) is 0 Å². The van der Waals surface area contributed by atoms with Crippen LogP contribution in [-0.4, -0.2) is 22.8 Å². The first kappa shape index (κ1) is 13.8. The Balaban J connectivity index is 2.26. The zero-order valence-electron chi connectivity index (χ0n) is 10.2. The number of carbonyl (C=O) groups excluding carboxylic acids is 2. The largest absolute Gasteiger partial charge is 0.395 e. The van der Waals surface area contributed by atoms with Gasteiger partial charge in [0.15, 0.2) is 16.7 Å². The number of rotatable bonds is 2. The highest BCUT2D eigenvalue weighted by atomic mass is 32.2. The number of nitrogen functional groups attached to an aromatic ring is 1. The lowest BCUT2D eigenvalue weighted by atomic mass is 10.2. The minimum absolute atomic E-state index is 0.0853. The maximum Gasteiger partial charge on any atom is 0.228 e. The van der Waals surface area contributed by atoms with Gasteiger partial charge < -0.3 is 10.6 Å². The van der Waals surface area contributed by atoms with Crippen molar-refractivity contribution >= 4 is 34.2 Å². The number of thioether (sulfide) groups is 1. The summed E-state index contributed by atoms with van der Waals surface area (Å²) in [6, 6.07) is 2.20. The van der Waals surface area contributed by atoms with Crippen LogP contribution in [0.15, 0.2) is 12.1 Å². The van der Waals surface area contributed by atoms with Gasteiger partial charge in [-0.25, -0.2) is 8.78 Å². The monoisotopic (exact) mass is 286 g/mol. The molecule has 0 aromatic heterocycles. The molecule has 0 saturated carbocycles. The fraction of sp³-hybridized carbons (Fsp3) is 0.333. The van der Waals surface area contributed by atoms with Crippen molar-refractivity contribution < 1.29 is 18.4 Å². The topological polar surface area (TPSA) is 63.4 Å². The van der Waals surface area contributed by atoms with Gasteiger partial charge in [0.05, 0.1) is 11.4 Å². The van der Waals surface area contributed by atoms with E-state index in [0.717, 1.165) is 17.8 Å². The van der Waals surface area contributed by atoms with Crippen molar-refractivity contribution in [3.63, 3.8) is 0 Å². The second-order valence-corrected chi connectivity index (χ2v) is 5.71. The first-order valence-corrected chi connectivity index (χ1v) is 6.49. The van der Waals surface area contributed by atoms with E-state index in [1.165, 1.54) is 17.9 Å². The maximum atomic E-state index is 13.4. The minimum atomic E-state index is -1.16. The maximum absolute atomic E-state index is 13.4. The van der Waals surface area contributed by atoms with Crippen molar-refractivity contribution in [2.45, 2.75) is 18.6 Å². The molecule has 1 fully saturated rings. The summed E-state index contributed by atoms with van der Waals surface area (Å²) in [6.07, 6.45) is 0.183. The van der Waals surface area contributed by atoms with Crippen molar-refractivity contribution in [3.8, 4) is 0 Å². The highest BCUT2D eigenvalue weighted by molar-refractivity contribution is 8.14. The summed E-state index contributed by atoms with van der Waals surface area (Å²) in [5.41, 5.74) is 5.25. The molecular formula is C12H12F2N2O2S. The number of halogens is 2. The Labute approximate surface area is 112 Å².